The van der Waals surface area contributed by atoms with Crippen molar-refractivity contribution in [3.63, 3.8) is 0 Å². The van der Waals surface area contributed by atoms with Crippen molar-refractivity contribution in [3.8, 4) is 0 Å². The van der Waals surface area contributed by atoms with Crippen LogP contribution in [0.3, 0.4) is 0 Å². The maximum atomic E-state index is 12.8. The van der Waals surface area contributed by atoms with E-state index in [0.29, 0.717) is 11.4 Å². The summed E-state index contributed by atoms with van der Waals surface area (Å²) in [6.07, 6.45) is 3.92. The first kappa shape index (κ1) is 20.1. The molecule has 0 atom stereocenters. The van der Waals surface area contributed by atoms with Crippen LogP contribution in [-0.2, 0) is 4.79 Å². The SMILES string of the molecule is CCN1C(=O)C(=CC=C2Sc3ccc(Cl)cc3N2CC)SC1=Nc1ccccc1. The Balaban J connectivity index is 1.61. The Bertz CT molecular complexity index is 1030. The molecule has 2 aromatic carbocycles. The molecule has 4 nitrogen and oxygen atoms in total. The van der Waals surface area contributed by atoms with Crippen LogP contribution in [-0.4, -0.2) is 29.1 Å². The van der Waals surface area contributed by atoms with Crippen LogP contribution in [0.25, 0.3) is 0 Å². The third kappa shape index (κ3) is 4.10. The van der Waals surface area contributed by atoms with Crippen molar-refractivity contribution in [1.82, 2.24) is 4.90 Å². The van der Waals surface area contributed by atoms with Crippen molar-refractivity contribution < 1.29 is 4.79 Å². The van der Waals surface area contributed by atoms with E-state index < -0.39 is 0 Å². The second-order valence-electron chi connectivity index (χ2n) is 6.38. The molecule has 1 fully saturated rings. The lowest BCUT2D eigenvalue weighted by Gasteiger charge is -2.17. The van der Waals surface area contributed by atoms with Crippen LogP contribution in [0.4, 0.5) is 11.4 Å². The number of likely N-dealkylation sites (N-methyl/N-ethyl adjacent to an activating group) is 1. The lowest BCUT2D eigenvalue weighted by molar-refractivity contribution is -0.122. The fourth-order valence-corrected chi connectivity index (χ4v) is 5.45. The van der Waals surface area contributed by atoms with Crippen LogP contribution in [0.2, 0.25) is 5.02 Å². The van der Waals surface area contributed by atoms with Gasteiger partial charge in [0, 0.05) is 23.0 Å². The number of allylic oxidation sites excluding steroid dienone is 2. The lowest BCUT2D eigenvalue weighted by Crippen LogP contribution is -2.28. The number of hydrogen-bond donors (Lipinski definition) is 0. The lowest BCUT2D eigenvalue weighted by atomic mass is 10.3. The van der Waals surface area contributed by atoms with E-state index in [2.05, 4.69) is 16.8 Å². The van der Waals surface area contributed by atoms with Gasteiger partial charge in [0.05, 0.1) is 21.3 Å². The molecule has 29 heavy (non-hydrogen) atoms. The Morgan fingerprint density at radius 1 is 1.00 bits per heavy atom. The van der Waals surface area contributed by atoms with Gasteiger partial charge in [0.15, 0.2) is 5.17 Å². The zero-order valence-electron chi connectivity index (χ0n) is 16.1. The van der Waals surface area contributed by atoms with E-state index in [1.807, 2.05) is 67.6 Å². The van der Waals surface area contributed by atoms with Crippen LogP contribution in [0.1, 0.15) is 13.8 Å². The molecule has 2 aliphatic rings. The molecule has 0 unspecified atom stereocenters. The van der Waals surface area contributed by atoms with Crippen LogP contribution in [0.5, 0.6) is 0 Å². The van der Waals surface area contributed by atoms with E-state index in [1.54, 1.807) is 16.7 Å². The molecule has 0 saturated carbocycles. The summed E-state index contributed by atoms with van der Waals surface area (Å²) in [5.41, 5.74) is 1.96. The van der Waals surface area contributed by atoms with Crippen molar-refractivity contribution in [2.75, 3.05) is 18.0 Å². The number of para-hydroxylation sites is 1. The van der Waals surface area contributed by atoms with Gasteiger partial charge >= 0.3 is 0 Å². The Morgan fingerprint density at radius 2 is 1.76 bits per heavy atom. The minimum atomic E-state index is -0.00404. The Hall–Kier alpha value is -2.15. The molecule has 0 radical (unpaired) electrons. The highest BCUT2D eigenvalue weighted by atomic mass is 35.5. The van der Waals surface area contributed by atoms with Gasteiger partial charge in [-0.15, -0.1) is 0 Å². The number of carbonyl (C=O) groups is 1. The number of thioether (sulfide) groups is 2. The molecule has 0 bridgehead atoms. The van der Waals surface area contributed by atoms with Crippen molar-refractivity contribution in [1.29, 1.82) is 0 Å². The smallest absolute Gasteiger partial charge is 0.266 e. The third-order valence-electron chi connectivity index (χ3n) is 4.57. The van der Waals surface area contributed by atoms with Gasteiger partial charge < -0.3 is 4.90 Å². The molecular weight excluding hydrogens is 422 g/mol. The Kier molecular flexibility index (Phi) is 6.04. The molecule has 2 heterocycles. The summed E-state index contributed by atoms with van der Waals surface area (Å²) < 4.78 is 0. The summed E-state index contributed by atoms with van der Waals surface area (Å²) >= 11 is 9.28. The molecule has 0 N–H and O–H groups in total. The largest absolute Gasteiger partial charge is 0.335 e. The number of rotatable bonds is 4. The van der Waals surface area contributed by atoms with E-state index in [9.17, 15) is 4.79 Å². The number of anilines is 1. The van der Waals surface area contributed by atoms with Gasteiger partial charge in [0.25, 0.3) is 5.91 Å². The second kappa shape index (κ2) is 8.69. The van der Waals surface area contributed by atoms with Gasteiger partial charge in [-0.1, -0.05) is 41.6 Å². The summed E-state index contributed by atoms with van der Waals surface area (Å²) in [7, 11) is 0. The molecule has 2 aromatic rings. The molecule has 7 heteroatoms. The highest BCUT2D eigenvalue weighted by Crippen LogP contribution is 2.47. The van der Waals surface area contributed by atoms with Crippen LogP contribution < -0.4 is 4.90 Å². The normalized spacial score (nSPS) is 20.4. The average Bonchev–Trinajstić information content (AvgIpc) is 3.23. The summed E-state index contributed by atoms with van der Waals surface area (Å²) in [6, 6.07) is 15.6. The maximum absolute atomic E-state index is 12.8. The maximum Gasteiger partial charge on any atom is 0.266 e. The van der Waals surface area contributed by atoms with Gasteiger partial charge in [0.2, 0.25) is 0 Å². The molecule has 148 valence electrons. The van der Waals surface area contributed by atoms with Gasteiger partial charge in [-0.3, -0.25) is 9.69 Å². The van der Waals surface area contributed by atoms with Crippen molar-refractivity contribution in [2.24, 2.45) is 4.99 Å². The second-order valence-corrected chi connectivity index (χ2v) is 8.88. The fraction of sp³-hybridized carbons (Fsp3) is 0.182. The fourth-order valence-electron chi connectivity index (χ4n) is 3.17. The first-order valence-corrected chi connectivity index (χ1v) is 11.4. The van der Waals surface area contributed by atoms with E-state index in [1.165, 1.54) is 16.7 Å². The number of amidine groups is 1. The predicted octanol–water partition coefficient (Wildman–Crippen LogP) is 6.28. The molecule has 4 rings (SSSR count). The number of nitrogens with zero attached hydrogens (tertiary/aromatic N) is 3. The highest BCUT2D eigenvalue weighted by Gasteiger charge is 2.32. The van der Waals surface area contributed by atoms with Crippen molar-refractivity contribution >= 4 is 57.6 Å². The number of benzene rings is 2. The number of fused-ring (bicyclic) bond motifs is 1. The van der Waals surface area contributed by atoms with Crippen LogP contribution in [0, 0.1) is 0 Å². The number of carbonyl (C=O) groups excluding carboxylic acids is 1. The van der Waals surface area contributed by atoms with Gasteiger partial charge in [-0.25, -0.2) is 4.99 Å². The summed E-state index contributed by atoms with van der Waals surface area (Å²) in [5, 5.41) is 2.53. The monoisotopic (exact) mass is 441 g/mol. The molecule has 0 spiro atoms. The van der Waals surface area contributed by atoms with Crippen LogP contribution >= 0.6 is 35.1 Å². The Morgan fingerprint density at radius 3 is 2.48 bits per heavy atom. The molecule has 1 amide bonds. The van der Waals surface area contributed by atoms with E-state index in [0.717, 1.165) is 33.1 Å². The molecule has 1 saturated heterocycles. The van der Waals surface area contributed by atoms with Gasteiger partial charge in [-0.2, -0.15) is 0 Å². The summed E-state index contributed by atoms with van der Waals surface area (Å²) in [5.74, 6) is -0.00404. The first-order chi connectivity index (χ1) is 14.1. The standard InChI is InChI=1S/C22H20ClN3OS2/c1-3-25-17-14-15(23)10-11-18(17)28-20(25)13-12-19-21(27)26(4-2)22(29-19)24-16-8-6-5-7-9-16/h5-14H,3-4H2,1-2H3. The number of halogens is 1. The highest BCUT2D eigenvalue weighted by molar-refractivity contribution is 8.18. The number of hydrogen-bond acceptors (Lipinski definition) is 5. The van der Waals surface area contributed by atoms with E-state index in [-0.39, 0.29) is 5.91 Å². The number of aliphatic imine (C=N–C) groups is 1. The Labute approximate surface area is 184 Å². The summed E-state index contributed by atoms with van der Waals surface area (Å²) in [6.45, 7) is 5.49. The molecule has 0 aromatic heterocycles. The van der Waals surface area contributed by atoms with E-state index in [4.69, 9.17) is 11.6 Å². The minimum absolute atomic E-state index is 0.00404. The number of amides is 1. The molecule has 2 aliphatic heterocycles. The first-order valence-electron chi connectivity index (χ1n) is 9.41. The predicted molar refractivity (Wildman–Crippen MR) is 125 cm³/mol. The van der Waals surface area contributed by atoms with Crippen molar-refractivity contribution in [2.45, 2.75) is 18.7 Å². The van der Waals surface area contributed by atoms with Gasteiger partial charge in [0.1, 0.15) is 0 Å². The quantitative estimate of drug-likeness (QED) is 0.523. The summed E-state index contributed by atoms with van der Waals surface area (Å²) in [4.78, 5) is 23.3. The average molecular weight is 442 g/mol. The van der Waals surface area contributed by atoms with Crippen LogP contribution in [0.15, 0.2) is 80.5 Å². The third-order valence-corrected chi connectivity index (χ3v) is 6.96. The molecule has 0 aliphatic carbocycles. The zero-order valence-corrected chi connectivity index (χ0v) is 18.5. The van der Waals surface area contributed by atoms with E-state index >= 15 is 0 Å². The van der Waals surface area contributed by atoms with Crippen molar-refractivity contribution in [3.05, 3.63) is 75.6 Å². The molecular formula is C22H20ClN3OS2. The zero-order chi connectivity index (χ0) is 20.4. The minimum Gasteiger partial charge on any atom is -0.335 e. The van der Waals surface area contributed by atoms with Gasteiger partial charge in [-0.05, 0) is 68.1 Å². The topological polar surface area (TPSA) is 35.9 Å².